The summed E-state index contributed by atoms with van der Waals surface area (Å²) in [5.74, 6) is 1.23. The first kappa shape index (κ1) is 18.0. The Morgan fingerprint density at radius 3 is 2.67 bits per heavy atom. The molecule has 0 atom stereocenters. The van der Waals surface area contributed by atoms with Crippen LogP contribution in [0.25, 0.3) is 5.69 Å². The molecule has 0 spiro atoms. The second-order valence-corrected chi connectivity index (χ2v) is 7.42. The van der Waals surface area contributed by atoms with Gasteiger partial charge >= 0.3 is 0 Å². The van der Waals surface area contributed by atoms with Gasteiger partial charge in [0.15, 0.2) is 5.16 Å². The van der Waals surface area contributed by atoms with Crippen molar-refractivity contribution in [2.24, 2.45) is 0 Å². The average molecular weight is 384 g/mol. The molecule has 0 N–H and O–H groups in total. The molecule has 0 unspecified atom stereocenters. The third-order valence-electron chi connectivity index (χ3n) is 4.43. The Labute approximate surface area is 162 Å². The minimum absolute atomic E-state index is 0.274. The van der Waals surface area contributed by atoms with E-state index in [1.807, 2.05) is 10.6 Å². The van der Waals surface area contributed by atoms with Crippen molar-refractivity contribution in [3.63, 3.8) is 0 Å². The van der Waals surface area contributed by atoms with Crippen molar-refractivity contribution in [2.75, 3.05) is 31.2 Å². The van der Waals surface area contributed by atoms with Crippen molar-refractivity contribution in [1.29, 1.82) is 0 Å². The van der Waals surface area contributed by atoms with Crippen molar-refractivity contribution in [3.05, 3.63) is 65.5 Å². The number of aromatic nitrogens is 3. The minimum atomic E-state index is -0.274. The second kappa shape index (κ2) is 8.10. The van der Waals surface area contributed by atoms with Crippen LogP contribution in [0.3, 0.4) is 0 Å². The number of morpholine rings is 1. The van der Waals surface area contributed by atoms with Gasteiger partial charge in [-0.1, -0.05) is 47.7 Å². The van der Waals surface area contributed by atoms with Gasteiger partial charge in [-0.3, -0.25) is 4.57 Å². The van der Waals surface area contributed by atoms with Gasteiger partial charge in [-0.05, 0) is 30.7 Å². The zero-order valence-corrected chi connectivity index (χ0v) is 16.0. The normalized spacial score (nSPS) is 14.5. The molecule has 1 fully saturated rings. The van der Waals surface area contributed by atoms with Crippen LogP contribution in [0.15, 0.2) is 53.7 Å². The van der Waals surface area contributed by atoms with Gasteiger partial charge in [-0.25, -0.2) is 4.39 Å². The van der Waals surface area contributed by atoms with Crippen molar-refractivity contribution in [1.82, 2.24) is 14.8 Å². The lowest BCUT2D eigenvalue weighted by Gasteiger charge is -2.27. The van der Waals surface area contributed by atoms with Gasteiger partial charge in [-0.15, -0.1) is 10.2 Å². The van der Waals surface area contributed by atoms with E-state index in [1.165, 1.54) is 23.3 Å². The molecule has 0 aliphatic carbocycles. The van der Waals surface area contributed by atoms with E-state index < -0.39 is 0 Å². The van der Waals surface area contributed by atoms with Gasteiger partial charge in [0.1, 0.15) is 5.82 Å². The van der Waals surface area contributed by atoms with Crippen molar-refractivity contribution in [2.45, 2.75) is 17.8 Å². The van der Waals surface area contributed by atoms with Gasteiger partial charge in [0.25, 0.3) is 0 Å². The smallest absolute Gasteiger partial charge is 0.232 e. The number of anilines is 1. The number of hydrogen-bond donors (Lipinski definition) is 0. The summed E-state index contributed by atoms with van der Waals surface area (Å²) in [6, 6.07) is 15.0. The zero-order valence-electron chi connectivity index (χ0n) is 15.1. The van der Waals surface area contributed by atoms with E-state index in [1.54, 1.807) is 17.8 Å². The van der Waals surface area contributed by atoms with E-state index in [-0.39, 0.29) is 5.82 Å². The van der Waals surface area contributed by atoms with Crippen LogP contribution in [0.4, 0.5) is 10.3 Å². The lowest BCUT2D eigenvalue weighted by molar-refractivity contribution is 0.122. The summed E-state index contributed by atoms with van der Waals surface area (Å²) in [4.78, 5) is 2.14. The molecule has 1 aliphatic heterocycles. The van der Waals surface area contributed by atoms with E-state index >= 15 is 0 Å². The number of ether oxygens (including phenoxy) is 1. The Hall–Kier alpha value is -2.38. The molecule has 1 aromatic heterocycles. The second-order valence-electron chi connectivity index (χ2n) is 6.48. The molecule has 0 saturated carbocycles. The maximum atomic E-state index is 13.9. The maximum absolute atomic E-state index is 13.9. The molecule has 4 rings (SSSR count). The fourth-order valence-corrected chi connectivity index (χ4v) is 4.00. The van der Waals surface area contributed by atoms with Gasteiger partial charge in [0.2, 0.25) is 5.95 Å². The number of thioether (sulfide) groups is 1. The lowest BCUT2D eigenvalue weighted by Crippen LogP contribution is -2.37. The van der Waals surface area contributed by atoms with Crippen LogP contribution in [0, 0.1) is 12.7 Å². The van der Waals surface area contributed by atoms with Gasteiger partial charge in [-0.2, -0.15) is 0 Å². The summed E-state index contributed by atoms with van der Waals surface area (Å²) in [5.41, 5.74) is 3.18. The minimum Gasteiger partial charge on any atom is -0.378 e. The Kier molecular flexibility index (Phi) is 5.40. The Balaban J connectivity index is 1.67. The van der Waals surface area contributed by atoms with E-state index in [4.69, 9.17) is 4.74 Å². The van der Waals surface area contributed by atoms with Crippen LogP contribution >= 0.6 is 11.8 Å². The highest BCUT2D eigenvalue weighted by atomic mass is 32.2. The van der Waals surface area contributed by atoms with Crippen LogP contribution in [-0.2, 0) is 10.5 Å². The molecule has 2 aromatic carbocycles. The first-order valence-corrected chi connectivity index (χ1v) is 9.92. The van der Waals surface area contributed by atoms with Gasteiger partial charge in [0, 0.05) is 18.8 Å². The molecule has 7 heteroatoms. The van der Waals surface area contributed by atoms with Crippen LogP contribution in [0.2, 0.25) is 0 Å². The van der Waals surface area contributed by atoms with E-state index in [2.05, 4.69) is 46.3 Å². The Bertz CT molecular complexity index is 924. The summed E-state index contributed by atoms with van der Waals surface area (Å²) >= 11 is 1.60. The van der Waals surface area contributed by atoms with Crippen LogP contribution in [-0.4, -0.2) is 41.1 Å². The fraction of sp³-hybridized carbons (Fsp3) is 0.300. The summed E-state index contributed by atoms with van der Waals surface area (Å²) in [5, 5.41) is 9.57. The highest BCUT2D eigenvalue weighted by Crippen LogP contribution is 2.29. The van der Waals surface area contributed by atoms with Crippen molar-refractivity contribution in [3.8, 4) is 5.69 Å². The highest BCUT2D eigenvalue weighted by molar-refractivity contribution is 7.98. The maximum Gasteiger partial charge on any atom is 0.232 e. The Morgan fingerprint density at radius 1 is 1.07 bits per heavy atom. The summed E-state index contributed by atoms with van der Waals surface area (Å²) in [7, 11) is 0. The summed E-state index contributed by atoms with van der Waals surface area (Å²) in [6.07, 6.45) is 0. The molecule has 27 heavy (non-hydrogen) atoms. The number of hydrogen-bond acceptors (Lipinski definition) is 5. The molecule has 2 heterocycles. The number of rotatable bonds is 5. The number of benzene rings is 2. The number of nitrogens with zero attached hydrogens (tertiary/aromatic N) is 4. The SMILES string of the molecule is Cc1cccc(CSc2nnc(N3CCOCC3)n2-c2cccc(F)c2)c1. The third-order valence-corrected chi connectivity index (χ3v) is 5.43. The van der Waals surface area contributed by atoms with Crippen molar-refractivity contribution < 1.29 is 9.13 Å². The van der Waals surface area contributed by atoms with E-state index in [9.17, 15) is 4.39 Å². The van der Waals surface area contributed by atoms with Crippen LogP contribution in [0.5, 0.6) is 0 Å². The molecule has 140 valence electrons. The Morgan fingerprint density at radius 2 is 1.89 bits per heavy atom. The fourth-order valence-electron chi connectivity index (χ4n) is 3.11. The van der Waals surface area contributed by atoms with E-state index in [0.29, 0.717) is 13.2 Å². The first-order chi connectivity index (χ1) is 13.2. The topological polar surface area (TPSA) is 43.2 Å². The first-order valence-electron chi connectivity index (χ1n) is 8.93. The average Bonchev–Trinajstić information content (AvgIpc) is 3.11. The molecular formula is C20H21FN4OS. The molecule has 0 radical (unpaired) electrons. The van der Waals surface area contributed by atoms with Crippen molar-refractivity contribution >= 4 is 17.7 Å². The largest absolute Gasteiger partial charge is 0.378 e. The third kappa shape index (κ3) is 4.14. The molecule has 0 bridgehead atoms. The number of halogens is 1. The molecular weight excluding hydrogens is 363 g/mol. The molecule has 0 amide bonds. The molecule has 5 nitrogen and oxygen atoms in total. The standard InChI is InChI=1S/C20H21FN4OS/c1-15-4-2-5-16(12-15)14-27-20-23-22-19(24-8-10-26-11-9-24)25(20)18-7-3-6-17(21)13-18/h2-7,12-13H,8-11,14H2,1H3. The quantitative estimate of drug-likeness (QED) is 0.625. The summed E-state index contributed by atoms with van der Waals surface area (Å²) in [6.45, 7) is 4.88. The van der Waals surface area contributed by atoms with Crippen LogP contribution < -0.4 is 4.90 Å². The molecule has 1 saturated heterocycles. The van der Waals surface area contributed by atoms with Gasteiger partial charge < -0.3 is 9.64 Å². The van der Waals surface area contributed by atoms with E-state index in [0.717, 1.165) is 35.6 Å². The molecule has 3 aromatic rings. The zero-order chi connectivity index (χ0) is 18.6. The predicted molar refractivity (Wildman–Crippen MR) is 105 cm³/mol. The number of aryl methyl sites for hydroxylation is 1. The highest BCUT2D eigenvalue weighted by Gasteiger charge is 2.22. The molecule has 1 aliphatic rings. The predicted octanol–water partition coefficient (Wildman–Crippen LogP) is 3.84. The van der Waals surface area contributed by atoms with Gasteiger partial charge in [0.05, 0.1) is 18.9 Å². The lowest BCUT2D eigenvalue weighted by atomic mass is 10.2. The van der Waals surface area contributed by atoms with Crippen LogP contribution in [0.1, 0.15) is 11.1 Å². The monoisotopic (exact) mass is 384 g/mol. The summed E-state index contributed by atoms with van der Waals surface area (Å²) < 4.78 is 21.2.